The number of aromatic nitrogens is 4. The summed E-state index contributed by atoms with van der Waals surface area (Å²) >= 11 is 0. The molecule has 0 spiro atoms. The Labute approximate surface area is 832 Å². The van der Waals surface area contributed by atoms with Crippen LogP contribution >= 0.6 is 0 Å². The van der Waals surface area contributed by atoms with Crippen LogP contribution in [0.25, 0.3) is 11.1 Å². The van der Waals surface area contributed by atoms with E-state index in [1.54, 1.807) is 158 Å². The number of nitrogens with two attached hydrogens (primary N) is 1. The number of hydrogen-bond acceptors (Lipinski definition) is 25. The third-order valence-electron chi connectivity index (χ3n) is 22.0. The molecule has 0 aliphatic carbocycles. The fourth-order valence-electron chi connectivity index (χ4n) is 15.4. The number of benzene rings is 6. The number of halogens is 1. The molecule has 7 rings (SSSR count). The zero-order valence-electron chi connectivity index (χ0n) is 86.4. The van der Waals surface area contributed by atoms with Crippen LogP contribution in [0.4, 0.5) is 9.18 Å². The Hall–Kier alpha value is -13.2. The second-order valence-corrected chi connectivity index (χ2v) is 40.3. The molecular weight excluding hydrogens is 1830 g/mol. The summed E-state index contributed by atoms with van der Waals surface area (Å²) in [6.07, 6.45) is -2.34. The summed E-state index contributed by atoms with van der Waals surface area (Å²) < 4.78 is 69.7. The number of esters is 1. The van der Waals surface area contributed by atoms with Gasteiger partial charge in [-0.05, 0) is 258 Å². The number of nitrogens with one attached hydrogen (secondary N) is 12. The molecule has 0 aliphatic heterocycles. The Morgan fingerprint density at radius 2 is 1.11 bits per heavy atom. The number of nitrogens with zero attached hydrogens (tertiary/aromatic N) is 3. The molecule has 0 aliphatic rings. The van der Waals surface area contributed by atoms with E-state index in [2.05, 4.69) is 79.1 Å². The Kier molecular flexibility index (Phi) is 43.3. The third-order valence-corrected chi connectivity index (χ3v) is 22.0. The third kappa shape index (κ3) is 39.4. The van der Waals surface area contributed by atoms with E-state index < -0.39 is 191 Å². The minimum absolute atomic E-state index is 0.00808. The number of H-pyrrole nitrogens is 1. The standard InChI is InChI=1S/C104H147FN16O21/c1-25-67-53-73(136-48-29-28-47-108-98(133)142-103(18,19)20)44-45-74(67)68-37-35-65(36-38-68)52-79(92(127)110-78(34-30-31-66-50-61(2)49-62(3)51-66)91(126)115-89(75-46-43-72(134-23)54-82(75)135-24)69-39-41-71(42-40-69)137-60-85(123)107-22)111-93(128)80(56-86(124)141-102(15,16)17)112-94(129)81(59-138-99(6,7)8)113-95(130)87(63(4)139-100(9,10)11)116-97(132)104(21,57-70-32-26-27-33-76(70)105)117-96(131)88(64(5)140-101(12,13)14)114-84(122)58-109-90(125)77(106)55-83-118-120-121-119-83/h26-27,32-33,35-46,49-51,53-54,63-64,77-81,87-89H,25,28-31,34,47-48,52,55-60,106H2,1-24H3,(H,107,123)(H,108,133)(H,109,125)(H,110,127)(H,111,128)(H,112,129)(H,113,130)(H,114,122)(H,115,126)(H,116,132)(H,117,131)(H,118,119,120,121)/t63-,64-,77+,78+,79+,80+,81+,87+,88+,89?,104+/m1/s1. The highest BCUT2D eigenvalue weighted by molar-refractivity contribution is 6.00. The molecule has 0 saturated heterocycles. The highest BCUT2D eigenvalue weighted by Gasteiger charge is 2.45. The monoisotopic (exact) mass is 1980 g/mol. The molecule has 0 saturated carbocycles. The van der Waals surface area contributed by atoms with Crippen LogP contribution < -0.4 is 83.2 Å². The number of rotatable bonds is 51. The number of likely N-dealkylation sites (N-methyl/N-ethyl adjacent to an activating group) is 1. The number of alkyl carbamates (subject to hydrolysis) is 1. The van der Waals surface area contributed by atoms with Gasteiger partial charge in [-0.1, -0.05) is 102 Å². The molecule has 1 unspecified atom stereocenters. The molecule has 6 aromatic carbocycles. The summed E-state index contributed by atoms with van der Waals surface area (Å²) in [4.78, 5) is 176. The Morgan fingerprint density at radius 1 is 0.521 bits per heavy atom. The lowest BCUT2D eigenvalue weighted by molar-refractivity contribution is -0.157. The molecule has 0 fully saturated rings. The van der Waals surface area contributed by atoms with Crippen LogP contribution in [0.5, 0.6) is 23.0 Å². The summed E-state index contributed by atoms with van der Waals surface area (Å²) in [6.45, 7) is 34.5. The highest BCUT2D eigenvalue weighted by atomic mass is 19.1. The minimum atomic E-state index is -2.28. The first-order valence-electron chi connectivity index (χ1n) is 47.7. The van der Waals surface area contributed by atoms with Gasteiger partial charge in [-0.25, -0.2) is 9.18 Å². The van der Waals surface area contributed by atoms with Crippen molar-refractivity contribution in [3.05, 3.63) is 184 Å². The van der Waals surface area contributed by atoms with Gasteiger partial charge in [0, 0.05) is 44.5 Å². The van der Waals surface area contributed by atoms with Gasteiger partial charge in [0.15, 0.2) is 12.4 Å². The van der Waals surface area contributed by atoms with Crippen molar-refractivity contribution in [2.24, 2.45) is 5.73 Å². The summed E-state index contributed by atoms with van der Waals surface area (Å²) in [5.74, 6) is -9.17. The molecule has 142 heavy (non-hydrogen) atoms. The molecule has 37 nitrogen and oxygen atoms in total. The van der Waals surface area contributed by atoms with Gasteiger partial charge in [0.05, 0.1) is 81.5 Å². The normalized spacial score (nSPS) is 14.3. The second-order valence-electron chi connectivity index (χ2n) is 40.3. The number of hydrogen-bond donors (Lipinski definition) is 13. The average molecular weight is 1980 g/mol. The molecule has 0 radical (unpaired) electrons. The van der Waals surface area contributed by atoms with Crippen LogP contribution in [-0.2, 0) is 109 Å². The van der Waals surface area contributed by atoms with Crippen LogP contribution in [0.1, 0.15) is 220 Å². The van der Waals surface area contributed by atoms with Gasteiger partial charge in [0.2, 0.25) is 53.2 Å². The molecule has 38 heteroatoms. The summed E-state index contributed by atoms with van der Waals surface area (Å²) in [7, 11) is 4.43. The van der Waals surface area contributed by atoms with Crippen LogP contribution in [0.15, 0.2) is 127 Å². The fraction of sp³-hybridized carbons (Fsp3) is 0.529. The lowest BCUT2D eigenvalue weighted by atomic mass is 9.90. The van der Waals surface area contributed by atoms with E-state index in [1.807, 2.05) is 69.3 Å². The van der Waals surface area contributed by atoms with Crippen molar-refractivity contribution in [1.29, 1.82) is 0 Å². The van der Waals surface area contributed by atoms with Crippen LogP contribution in [-0.4, -0.2) is 234 Å². The number of amides is 11. The Bertz CT molecular complexity index is 5380. The maximum absolute atomic E-state index is 16.1. The number of methoxy groups -OCH3 is 2. The zero-order valence-corrected chi connectivity index (χ0v) is 86.4. The second kappa shape index (κ2) is 53.1. The van der Waals surface area contributed by atoms with Gasteiger partial charge in [-0.3, -0.25) is 52.7 Å². The minimum Gasteiger partial charge on any atom is -0.497 e. The van der Waals surface area contributed by atoms with Gasteiger partial charge in [0.25, 0.3) is 5.91 Å². The van der Waals surface area contributed by atoms with Crippen molar-refractivity contribution >= 4 is 71.1 Å². The van der Waals surface area contributed by atoms with Crippen LogP contribution in [0, 0.1) is 19.7 Å². The number of carbonyl (C=O) groups excluding carboxylic acids is 12. The Morgan fingerprint density at radius 3 is 1.70 bits per heavy atom. The molecule has 11 amide bonds. The smallest absolute Gasteiger partial charge is 0.407 e. The molecule has 11 atom stereocenters. The number of aromatic amines is 1. The molecule has 1 aromatic heterocycles. The fourth-order valence-corrected chi connectivity index (χ4v) is 15.4. The molecule has 14 N–H and O–H groups in total. The molecule has 776 valence electrons. The van der Waals surface area contributed by atoms with Crippen molar-refractivity contribution in [3.63, 3.8) is 0 Å². The first kappa shape index (κ1) is 116. The zero-order chi connectivity index (χ0) is 105. The summed E-state index contributed by atoms with van der Waals surface area (Å²) in [5, 5.41) is 43.5. The lowest BCUT2D eigenvalue weighted by Gasteiger charge is -2.37. The number of unbranched alkanes of at least 4 members (excludes halogenated alkanes) is 1. The van der Waals surface area contributed by atoms with E-state index >= 15 is 38.0 Å². The van der Waals surface area contributed by atoms with Gasteiger partial charge in [-0.2, -0.15) is 5.21 Å². The van der Waals surface area contributed by atoms with Crippen LogP contribution in [0.2, 0.25) is 0 Å². The van der Waals surface area contributed by atoms with E-state index in [1.165, 1.54) is 60.2 Å². The summed E-state index contributed by atoms with van der Waals surface area (Å²) in [5.41, 5.74) is 5.81. The van der Waals surface area contributed by atoms with E-state index in [4.69, 9.17) is 48.4 Å². The molecule has 0 bridgehead atoms. The van der Waals surface area contributed by atoms with E-state index in [0.29, 0.717) is 84.9 Å². The topological polar surface area (TPSA) is 501 Å². The molecule has 7 aromatic rings. The van der Waals surface area contributed by atoms with Crippen molar-refractivity contribution < 1.29 is 105 Å². The average Bonchev–Trinajstić information content (AvgIpc) is 0.811. The largest absolute Gasteiger partial charge is 0.497 e. The predicted molar refractivity (Wildman–Crippen MR) is 532 cm³/mol. The van der Waals surface area contributed by atoms with E-state index in [9.17, 15) is 24.0 Å². The van der Waals surface area contributed by atoms with Crippen molar-refractivity contribution in [2.75, 3.05) is 54.2 Å². The number of ether oxygens (including phenoxy) is 9. The highest BCUT2D eigenvalue weighted by Crippen LogP contribution is 2.36. The lowest BCUT2D eigenvalue weighted by Crippen LogP contribution is -2.67. The van der Waals surface area contributed by atoms with E-state index in [0.717, 1.165) is 39.4 Å². The first-order chi connectivity index (χ1) is 66.5. The predicted octanol–water partition coefficient (Wildman–Crippen LogP) is 9.15. The molecule has 1 heterocycles. The Balaban J connectivity index is 1.31. The van der Waals surface area contributed by atoms with Crippen LogP contribution in [0.3, 0.4) is 0 Å². The maximum atomic E-state index is 16.1. The summed E-state index contributed by atoms with van der Waals surface area (Å²) in [6, 6.07) is 23.6. The van der Waals surface area contributed by atoms with Crippen molar-refractivity contribution in [2.45, 2.75) is 304 Å². The number of tetrazole rings is 1. The number of carbonyl (C=O) groups is 12. The van der Waals surface area contributed by atoms with Gasteiger partial charge in [0.1, 0.15) is 81.8 Å². The maximum Gasteiger partial charge on any atom is 0.407 e. The van der Waals surface area contributed by atoms with Crippen molar-refractivity contribution in [3.8, 4) is 34.1 Å². The SMILES string of the molecule is CCc1cc(OCCCCNC(=O)OC(C)(C)C)ccc1-c1ccc(C[C@H](NC(=O)[C@H](CC(=O)OC(C)(C)C)NC(=O)[C@H](COC(C)(C)C)NC(=O)[C@@H](NC(=O)[C@](C)(Cc2ccccc2F)NC(=O)[C@@H](NC(=O)CNC(=O)[C@@H](N)Cc2nn[nH]n2)[C@@H](C)OC(C)(C)C)[C@@H](C)OC(C)(C)C)C(=O)N[C@@H](CCCc2cc(C)cc(C)c2)C(=O)NC(c2ccc(OCC(=O)NC)cc2)c2ccc(OC)cc2OC)cc1. The van der Waals surface area contributed by atoms with Crippen molar-refractivity contribution in [1.82, 2.24) is 79.1 Å². The van der Waals surface area contributed by atoms with Gasteiger partial charge < -0.3 is 107 Å². The van der Waals surface area contributed by atoms with Gasteiger partial charge >= 0.3 is 12.1 Å². The van der Waals surface area contributed by atoms with Gasteiger partial charge in [-0.15, -0.1) is 10.2 Å². The molecular formula is C104H147FN16O21. The first-order valence-corrected chi connectivity index (χ1v) is 47.7. The number of aryl methyl sites for hydroxylation is 4. The quantitative estimate of drug-likeness (QED) is 0.0125. The van der Waals surface area contributed by atoms with E-state index in [-0.39, 0.29) is 43.2 Å².